The van der Waals surface area contributed by atoms with Gasteiger partial charge in [-0.2, -0.15) is 0 Å². The summed E-state index contributed by atoms with van der Waals surface area (Å²) in [5.41, 5.74) is 1.69. The average molecular weight is 341 g/mol. The Morgan fingerprint density at radius 2 is 1.79 bits per heavy atom. The summed E-state index contributed by atoms with van der Waals surface area (Å²) in [4.78, 5) is 26.4. The number of rotatable bonds is 5. The summed E-state index contributed by atoms with van der Waals surface area (Å²) in [6, 6.07) is 16.9. The number of carbonyl (C=O) groups excluding carboxylic acids is 1. The van der Waals surface area contributed by atoms with E-state index in [2.05, 4.69) is 12.1 Å². The first kappa shape index (κ1) is 16.6. The Balaban J connectivity index is 1.63. The second-order valence-corrected chi connectivity index (χ2v) is 6.84. The van der Waals surface area contributed by atoms with Crippen molar-refractivity contribution in [3.63, 3.8) is 0 Å². The molecule has 1 aliphatic heterocycles. The molecule has 0 aliphatic carbocycles. The third-order valence-electron chi connectivity index (χ3n) is 4.15. The fourth-order valence-corrected chi connectivity index (χ4v) is 3.73. The lowest BCUT2D eigenvalue weighted by Crippen LogP contribution is -2.40. The van der Waals surface area contributed by atoms with Gasteiger partial charge in [-0.15, -0.1) is 11.8 Å². The van der Waals surface area contributed by atoms with E-state index in [4.69, 9.17) is 0 Å². The van der Waals surface area contributed by atoms with Crippen LogP contribution in [0.25, 0.3) is 0 Å². The molecule has 1 N–H and O–H groups in total. The van der Waals surface area contributed by atoms with Crippen LogP contribution >= 0.6 is 11.8 Å². The predicted molar refractivity (Wildman–Crippen MR) is 94.1 cm³/mol. The minimum atomic E-state index is -0.920. The van der Waals surface area contributed by atoms with E-state index in [1.165, 1.54) is 9.80 Å². The quantitative estimate of drug-likeness (QED) is 0.843. The first-order valence-electron chi connectivity index (χ1n) is 7.96. The molecule has 1 saturated heterocycles. The highest BCUT2D eigenvalue weighted by Crippen LogP contribution is 2.24. The molecule has 1 fully saturated rings. The van der Waals surface area contributed by atoms with Gasteiger partial charge in [-0.3, -0.25) is 4.79 Å². The van der Waals surface area contributed by atoms with Gasteiger partial charge in [0.2, 0.25) is 0 Å². The van der Waals surface area contributed by atoms with Crippen molar-refractivity contribution in [2.75, 3.05) is 6.54 Å². The summed E-state index contributed by atoms with van der Waals surface area (Å²) in [7, 11) is 0. The molecule has 2 aromatic rings. The van der Waals surface area contributed by atoms with Crippen LogP contribution in [0, 0.1) is 0 Å². The van der Waals surface area contributed by atoms with Gasteiger partial charge in [0, 0.05) is 22.8 Å². The number of carboxylic acids is 1. The molecule has 2 aromatic carbocycles. The lowest BCUT2D eigenvalue weighted by molar-refractivity contribution is -0.141. The van der Waals surface area contributed by atoms with Gasteiger partial charge in [-0.1, -0.05) is 30.3 Å². The first-order chi connectivity index (χ1) is 11.6. The standard InChI is InChI=1S/C19H19NO3S/c21-18(20-12-4-7-17(20)19(22)23)15-10-8-14(9-11-15)13-24-16-5-2-1-3-6-16/h1-3,5-6,8-11,17H,4,7,12-13H2,(H,22,23). The molecule has 1 heterocycles. The highest BCUT2D eigenvalue weighted by Gasteiger charge is 2.34. The molecule has 0 radical (unpaired) electrons. The summed E-state index contributed by atoms with van der Waals surface area (Å²) in [5, 5.41) is 9.21. The third kappa shape index (κ3) is 3.79. The molecule has 4 nitrogen and oxygen atoms in total. The number of likely N-dealkylation sites (tertiary alicyclic amines) is 1. The fourth-order valence-electron chi connectivity index (χ4n) is 2.86. The van der Waals surface area contributed by atoms with Gasteiger partial charge in [-0.25, -0.2) is 4.79 Å². The van der Waals surface area contributed by atoms with Crippen LogP contribution < -0.4 is 0 Å². The van der Waals surface area contributed by atoms with Crippen LogP contribution in [0.3, 0.4) is 0 Å². The molecular formula is C19H19NO3S. The molecule has 3 rings (SSSR count). The van der Waals surface area contributed by atoms with E-state index >= 15 is 0 Å². The van der Waals surface area contributed by atoms with Crippen molar-refractivity contribution in [3.8, 4) is 0 Å². The van der Waals surface area contributed by atoms with Crippen molar-refractivity contribution in [3.05, 3.63) is 65.7 Å². The van der Waals surface area contributed by atoms with Crippen molar-refractivity contribution in [1.29, 1.82) is 0 Å². The Labute approximate surface area is 145 Å². The van der Waals surface area contributed by atoms with E-state index in [9.17, 15) is 14.7 Å². The molecule has 0 spiro atoms. The van der Waals surface area contributed by atoms with Crippen LogP contribution in [-0.2, 0) is 10.5 Å². The first-order valence-corrected chi connectivity index (χ1v) is 8.94. The van der Waals surface area contributed by atoms with Crippen LogP contribution in [-0.4, -0.2) is 34.5 Å². The summed E-state index contributed by atoms with van der Waals surface area (Å²) in [6.45, 7) is 0.515. The zero-order valence-electron chi connectivity index (χ0n) is 13.2. The summed E-state index contributed by atoms with van der Waals surface area (Å²) in [6.07, 6.45) is 1.28. The van der Waals surface area contributed by atoms with Gasteiger partial charge >= 0.3 is 5.97 Å². The molecule has 1 aliphatic rings. The molecule has 1 amide bonds. The number of amides is 1. The third-order valence-corrected chi connectivity index (χ3v) is 5.23. The summed E-state index contributed by atoms with van der Waals surface area (Å²) in [5.74, 6) is -0.279. The Morgan fingerprint density at radius 3 is 2.46 bits per heavy atom. The lowest BCUT2D eigenvalue weighted by Gasteiger charge is -2.21. The van der Waals surface area contributed by atoms with Gasteiger partial charge in [0.25, 0.3) is 5.91 Å². The molecule has 1 atom stereocenters. The maximum absolute atomic E-state index is 12.5. The Morgan fingerprint density at radius 1 is 1.08 bits per heavy atom. The Kier molecular flexibility index (Phi) is 5.20. The monoisotopic (exact) mass is 341 g/mol. The Bertz CT molecular complexity index is 715. The van der Waals surface area contributed by atoms with Crippen molar-refractivity contribution < 1.29 is 14.7 Å². The van der Waals surface area contributed by atoms with E-state index in [0.717, 1.165) is 17.7 Å². The second kappa shape index (κ2) is 7.53. The van der Waals surface area contributed by atoms with Crippen LogP contribution in [0.15, 0.2) is 59.5 Å². The smallest absolute Gasteiger partial charge is 0.326 e. The van der Waals surface area contributed by atoms with Gasteiger partial charge in [-0.05, 0) is 42.7 Å². The van der Waals surface area contributed by atoms with E-state index < -0.39 is 12.0 Å². The van der Waals surface area contributed by atoms with Gasteiger partial charge in [0.15, 0.2) is 0 Å². The van der Waals surface area contributed by atoms with Gasteiger partial charge in [0.05, 0.1) is 0 Å². The van der Waals surface area contributed by atoms with Crippen molar-refractivity contribution in [1.82, 2.24) is 4.90 Å². The molecule has 5 heteroatoms. The lowest BCUT2D eigenvalue weighted by atomic mass is 10.1. The van der Waals surface area contributed by atoms with Gasteiger partial charge in [0.1, 0.15) is 6.04 Å². The largest absolute Gasteiger partial charge is 0.480 e. The average Bonchev–Trinajstić information content (AvgIpc) is 3.11. The zero-order chi connectivity index (χ0) is 16.9. The van der Waals surface area contributed by atoms with E-state index in [-0.39, 0.29) is 5.91 Å². The van der Waals surface area contributed by atoms with Gasteiger partial charge < -0.3 is 10.0 Å². The maximum Gasteiger partial charge on any atom is 0.326 e. The Hall–Kier alpha value is -2.27. The highest BCUT2D eigenvalue weighted by molar-refractivity contribution is 7.98. The number of carbonyl (C=O) groups is 2. The number of nitrogens with zero attached hydrogens (tertiary/aromatic N) is 1. The molecule has 0 aromatic heterocycles. The van der Waals surface area contributed by atoms with Crippen LogP contribution in [0.4, 0.5) is 0 Å². The normalized spacial score (nSPS) is 17.0. The number of benzene rings is 2. The molecular weight excluding hydrogens is 322 g/mol. The van der Waals surface area contributed by atoms with Crippen molar-refractivity contribution in [2.45, 2.75) is 29.5 Å². The second-order valence-electron chi connectivity index (χ2n) is 5.79. The number of aliphatic carboxylic acids is 1. The molecule has 0 saturated carbocycles. The number of carboxylic acid groups (broad SMARTS) is 1. The number of thioether (sulfide) groups is 1. The minimum Gasteiger partial charge on any atom is -0.480 e. The fraction of sp³-hybridized carbons (Fsp3) is 0.263. The van der Waals surface area contributed by atoms with E-state index in [0.29, 0.717) is 18.5 Å². The summed E-state index contributed by atoms with van der Waals surface area (Å²) >= 11 is 1.74. The topological polar surface area (TPSA) is 57.6 Å². The molecule has 124 valence electrons. The number of hydrogen-bond donors (Lipinski definition) is 1. The molecule has 24 heavy (non-hydrogen) atoms. The summed E-state index contributed by atoms with van der Waals surface area (Å²) < 4.78 is 0. The molecule has 0 bridgehead atoms. The van der Waals surface area contributed by atoms with E-state index in [1.807, 2.05) is 30.3 Å². The van der Waals surface area contributed by atoms with Crippen LogP contribution in [0.1, 0.15) is 28.8 Å². The van der Waals surface area contributed by atoms with Crippen LogP contribution in [0.5, 0.6) is 0 Å². The SMILES string of the molecule is O=C(O)C1CCCN1C(=O)c1ccc(CSc2ccccc2)cc1. The van der Waals surface area contributed by atoms with Crippen LogP contribution in [0.2, 0.25) is 0 Å². The predicted octanol–water partition coefficient (Wildman–Crippen LogP) is 3.67. The van der Waals surface area contributed by atoms with Crippen molar-refractivity contribution in [2.24, 2.45) is 0 Å². The number of hydrogen-bond acceptors (Lipinski definition) is 3. The maximum atomic E-state index is 12.5. The molecule has 1 unspecified atom stereocenters. The highest BCUT2D eigenvalue weighted by atomic mass is 32.2. The minimum absolute atomic E-state index is 0.192. The zero-order valence-corrected chi connectivity index (χ0v) is 14.0. The van der Waals surface area contributed by atoms with E-state index in [1.54, 1.807) is 23.9 Å². The van der Waals surface area contributed by atoms with Crippen molar-refractivity contribution >= 4 is 23.6 Å².